The smallest absolute Gasteiger partial charge is 0.227 e. The highest BCUT2D eigenvalue weighted by Gasteiger charge is 2.36. The number of aryl methyl sites for hydroxylation is 1. The average Bonchev–Trinajstić information content (AvgIpc) is 3.09. The van der Waals surface area contributed by atoms with E-state index in [1.807, 2.05) is 0 Å². The Hall–Kier alpha value is -1.68. The van der Waals surface area contributed by atoms with Gasteiger partial charge in [0.2, 0.25) is 5.89 Å². The van der Waals surface area contributed by atoms with Crippen LogP contribution in [0, 0.1) is 6.92 Å². The van der Waals surface area contributed by atoms with Crippen molar-refractivity contribution in [3.8, 4) is 0 Å². The maximum absolute atomic E-state index is 6.37. The van der Waals surface area contributed by atoms with Crippen LogP contribution in [0.5, 0.6) is 0 Å². The molecule has 2 N–H and O–H groups in total. The maximum atomic E-state index is 6.37. The zero-order chi connectivity index (χ0) is 14.9. The highest BCUT2D eigenvalue weighted by Crippen LogP contribution is 2.34. The predicted octanol–water partition coefficient (Wildman–Crippen LogP) is 3.45. The van der Waals surface area contributed by atoms with Crippen LogP contribution in [0.4, 0.5) is 0 Å². The zero-order valence-electron chi connectivity index (χ0n) is 12.8. The van der Waals surface area contributed by atoms with Gasteiger partial charge in [-0.05, 0) is 36.8 Å². The number of hydrogen-bond acceptors (Lipinski definition) is 4. The van der Waals surface area contributed by atoms with Gasteiger partial charge in [0.1, 0.15) is 0 Å². The molecule has 0 aliphatic heterocycles. The first-order valence-corrected chi connectivity index (χ1v) is 7.76. The largest absolute Gasteiger partial charge is 0.339 e. The molecule has 1 fully saturated rings. The van der Waals surface area contributed by atoms with E-state index in [1.165, 1.54) is 11.1 Å². The first-order valence-electron chi connectivity index (χ1n) is 7.76. The predicted molar refractivity (Wildman–Crippen MR) is 81.9 cm³/mol. The Kier molecular flexibility index (Phi) is 3.81. The topological polar surface area (TPSA) is 64.9 Å². The van der Waals surface area contributed by atoms with E-state index in [0.29, 0.717) is 17.6 Å². The lowest BCUT2D eigenvalue weighted by atomic mass is 9.94. The third-order valence-corrected chi connectivity index (χ3v) is 4.61. The van der Waals surface area contributed by atoms with Crippen LogP contribution < -0.4 is 5.73 Å². The molecule has 2 aromatic rings. The maximum Gasteiger partial charge on any atom is 0.227 e. The fourth-order valence-corrected chi connectivity index (χ4v) is 3.28. The Balaban J connectivity index is 1.74. The van der Waals surface area contributed by atoms with E-state index >= 15 is 0 Å². The van der Waals surface area contributed by atoms with Crippen LogP contribution in [0.25, 0.3) is 0 Å². The van der Waals surface area contributed by atoms with Gasteiger partial charge < -0.3 is 10.3 Å². The van der Waals surface area contributed by atoms with Crippen molar-refractivity contribution in [3.63, 3.8) is 0 Å². The molecule has 0 radical (unpaired) electrons. The van der Waals surface area contributed by atoms with E-state index in [1.54, 1.807) is 0 Å². The van der Waals surface area contributed by atoms with E-state index in [-0.39, 0.29) is 5.54 Å². The number of benzene rings is 1. The molecular weight excluding hydrogens is 262 g/mol. The van der Waals surface area contributed by atoms with E-state index in [4.69, 9.17) is 10.3 Å². The highest BCUT2D eigenvalue weighted by atomic mass is 16.5. The third-order valence-electron chi connectivity index (χ3n) is 4.61. The van der Waals surface area contributed by atoms with Gasteiger partial charge in [-0.25, -0.2) is 0 Å². The van der Waals surface area contributed by atoms with Crippen molar-refractivity contribution in [2.75, 3.05) is 0 Å². The fraction of sp³-hybridized carbons (Fsp3) is 0.529. The van der Waals surface area contributed by atoms with Gasteiger partial charge in [0, 0.05) is 6.42 Å². The van der Waals surface area contributed by atoms with E-state index in [2.05, 4.69) is 48.3 Å². The summed E-state index contributed by atoms with van der Waals surface area (Å²) in [5.41, 5.74) is 8.64. The van der Waals surface area contributed by atoms with Gasteiger partial charge in [-0.2, -0.15) is 4.98 Å². The summed E-state index contributed by atoms with van der Waals surface area (Å²) in [4.78, 5) is 4.56. The molecule has 0 amide bonds. The molecule has 1 atom stereocenters. The van der Waals surface area contributed by atoms with Gasteiger partial charge in [-0.3, -0.25) is 0 Å². The SMILES string of the molecule is Cc1ccccc1C(C)Cc1nc(C2(N)CCCC2)no1. The van der Waals surface area contributed by atoms with Gasteiger partial charge in [0.05, 0.1) is 5.54 Å². The van der Waals surface area contributed by atoms with Gasteiger partial charge in [0.15, 0.2) is 5.82 Å². The molecule has 4 nitrogen and oxygen atoms in total. The fourth-order valence-electron chi connectivity index (χ4n) is 3.28. The normalized spacial score (nSPS) is 18.8. The molecule has 0 bridgehead atoms. The molecule has 112 valence electrons. The van der Waals surface area contributed by atoms with Crippen molar-refractivity contribution in [3.05, 3.63) is 47.1 Å². The van der Waals surface area contributed by atoms with Crippen molar-refractivity contribution in [2.24, 2.45) is 5.73 Å². The molecule has 3 rings (SSSR count). The van der Waals surface area contributed by atoms with Crippen LogP contribution in [0.15, 0.2) is 28.8 Å². The minimum Gasteiger partial charge on any atom is -0.339 e. The van der Waals surface area contributed by atoms with Crippen LogP contribution in [0.2, 0.25) is 0 Å². The van der Waals surface area contributed by atoms with Crippen molar-refractivity contribution >= 4 is 0 Å². The van der Waals surface area contributed by atoms with Crippen molar-refractivity contribution in [2.45, 2.75) is 57.4 Å². The Morgan fingerprint density at radius 1 is 1.29 bits per heavy atom. The highest BCUT2D eigenvalue weighted by molar-refractivity contribution is 5.29. The van der Waals surface area contributed by atoms with E-state index in [9.17, 15) is 0 Å². The number of rotatable bonds is 4. The summed E-state index contributed by atoms with van der Waals surface area (Å²) in [7, 11) is 0. The summed E-state index contributed by atoms with van der Waals surface area (Å²) >= 11 is 0. The summed E-state index contributed by atoms with van der Waals surface area (Å²) in [6.07, 6.45) is 4.98. The lowest BCUT2D eigenvalue weighted by molar-refractivity contribution is 0.345. The molecule has 1 aliphatic carbocycles. The summed E-state index contributed by atoms with van der Waals surface area (Å²) in [5.74, 6) is 1.74. The lowest BCUT2D eigenvalue weighted by Gasteiger charge is -2.17. The second kappa shape index (κ2) is 5.60. The molecule has 1 heterocycles. The molecule has 1 saturated carbocycles. The van der Waals surface area contributed by atoms with Crippen LogP contribution in [-0.4, -0.2) is 10.1 Å². The molecule has 0 saturated heterocycles. The number of nitrogens with zero attached hydrogens (tertiary/aromatic N) is 2. The third kappa shape index (κ3) is 2.86. The van der Waals surface area contributed by atoms with Gasteiger partial charge in [-0.1, -0.05) is 49.2 Å². The Morgan fingerprint density at radius 2 is 2.00 bits per heavy atom. The Bertz CT molecular complexity index is 614. The number of aromatic nitrogens is 2. The van der Waals surface area contributed by atoms with E-state index < -0.39 is 0 Å². The van der Waals surface area contributed by atoms with Gasteiger partial charge >= 0.3 is 0 Å². The zero-order valence-corrected chi connectivity index (χ0v) is 12.8. The molecule has 1 unspecified atom stereocenters. The standard InChI is InChI=1S/C17H23N3O/c1-12-7-3-4-8-14(12)13(2)11-15-19-16(20-21-15)17(18)9-5-6-10-17/h3-4,7-8,13H,5-6,9-11,18H2,1-2H3. The molecule has 1 aliphatic rings. The van der Waals surface area contributed by atoms with Gasteiger partial charge in [0.25, 0.3) is 0 Å². The molecular formula is C17H23N3O. The quantitative estimate of drug-likeness (QED) is 0.934. The molecule has 4 heteroatoms. The lowest BCUT2D eigenvalue weighted by Crippen LogP contribution is -2.34. The van der Waals surface area contributed by atoms with Crippen molar-refractivity contribution in [1.82, 2.24) is 10.1 Å². The Morgan fingerprint density at radius 3 is 2.71 bits per heavy atom. The summed E-state index contributed by atoms with van der Waals surface area (Å²) in [6.45, 7) is 4.33. The Labute approximate surface area is 125 Å². The summed E-state index contributed by atoms with van der Waals surface area (Å²) < 4.78 is 5.43. The summed E-state index contributed by atoms with van der Waals surface area (Å²) in [6, 6.07) is 8.44. The number of hydrogen-bond donors (Lipinski definition) is 1. The van der Waals surface area contributed by atoms with Crippen LogP contribution in [0.3, 0.4) is 0 Å². The monoisotopic (exact) mass is 285 g/mol. The van der Waals surface area contributed by atoms with Crippen LogP contribution in [0.1, 0.15) is 61.4 Å². The van der Waals surface area contributed by atoms with E-state index in [0.717, 1.165) is 32.1 Å². The molecule has 1 aromatic carbocycles. The van der Waals surface area contributed by atoms with Gasteiger partial charge in [-0.15, -0.1) is 0 Å². The first kappa shape index (κ1) is 14.3. The number of nitrogens with two attached hydrogens (primary N) is 1. The van der Waals surface area contributed by atoms with Crippen molar-refractivity contribution < 1.29 is 4.52 Å². The van der Waals surface area contributed by atoms with Crippen LogP contribution in [-0.2, 0) is 12.0 Å². The second-order valence-electron chi connectivity index (χ2n) is 6.34. The minimum atomic E-state index is -0.367. The first-order chi connectivity index (χ1) is 10.1. The summed E-state index contributed by atoms with van der Waals surface area (Å²) in [5, 5.41) is 4.13. The van der Waals surface area contributed by atoms with Crippen LogP contribution >= 0.6 is 0 Å². The molecule has 21 heavy (non-hydrogen) atoms. The molecule has 0 spiro atoms. The average molecular weight is 285 g/mol. The second-order valence-corrected chi connectivity index (χ2v) is 6.34. The van der Waals surface area contributed by atoms with Crippen molar-refractivity contribution in [1.29, 1.82) is 0 Å². The molecule has 1 aromatic heterocycles. The minimum absolute atomic E-state index is 0.358.